The molecule has 3 N–H and O–H groups in total. The van der Waals surface area contributed by atoms with E-state index in [0.29, 0.717) is 29.2 Å². The van der Waals surface area contributed by atoms with Crippen LogP contribution in [0.25, 0.3) is 0 Å². The number of para-hydroxylation sites is 2. The summed E-state index contributed by atoms with van der Waals surface area (Å²) in [6.07, 6.45) is 0. The number of benzene rings is 3. The van der Waals surface area contributed by atoms with Crippen molar-refractivity contribution in [3.63, 3.8) is 0 Å². The molecule has 0 unspecified atom stereocenters. The average molecular weight is 571 g/mol. The monoisotopic (exact) mass is 570 g/mol. The van der Waals surface area contributed by atoms with Crippen LogP contribution in [0.4, 0.5) is 17.3 Å². The van der Waals surface area contributed by atoms with E-state index in [4.69, 9.17) is 14.5 Å². The number of aryl methyl sites for hydroxylation is 2. The Balaban J connectivity index is 1.65. The van der Waals surface area contributed by atoms with Crippen LogP contribution in [-0.4, -0.2) is 61.0 Å². The molecule has 11 nitrogen and oxygen atoms in total. The standard InChI is InChI=1S/C31H34N6O5/c1-20-10-9-11-21(2)26(20)34-28(39)25-29(41-24-12-7-6-8-13-24)35-31(36-30(25)42-40-5)33-23-16-14-22(15-17-23)27(38)32-18-19-37(3)4/h6-17H,18-19H2,1-5H3,(H,32,38)(H,34,39)(H,33,35,36). The van der Waals surface area contributed by atoms with Gasteiger partial charge < -0.3 is 30.5 Å². The number of ether oxygens (including phenoxy) is 1. The summed E-state index contributed by atoms with van der Waals surface area (Å²) in [5.74, 6) is -0.376. The van der Waals surface area contributed by atoms with Gasteiger partial charge in [0.1, 0.15) is 5.75 Å². The van der Waals surface area contributed by atoms with Crippen LogP contribution in [0.1, 0.15) is 31.8 Å². The molecule has 11 heteroatoms. The molecule has 4 aromatic rings. The van der Waals surface area contributed by atoms with Crippen molar-refractivity contribution in [2.24, 2.45) is 0 Å². The van der Waals surface area contributed by atoms with E-state index >= 15 is 0 Å². The molecule has 0 atom stereocenters. The van der Waals surface area contributed by atoms with Crippen LogP contribution < -0.4 is 25.6 Å². The van der Waals surface area contributed by atoms with Crippen LogP contribution in [0.15, 0.2) is 72.8 Å². The number of likely N-dealkylation sites (N-methyl/N-ethyl adjacent to an activating group) is 1. The van der Waals surface area contributed by atoms with Crippen LogP contribution in [0.5, 0.6) is 17.5 Å². The van der Waals surface area contributed by atoms with Crippen molar-refractivity contribution in [1.82, 2.24) is 20.2 Å². The number of hydrogen-bond acceptors (Lipinski definition) is 9. The zero-order chi connectivity index (χ0) is 30.1. The fourth-order valence-corrected chi connectivity index (χ4v) is 4.00. The Morgan fingerprint density at radius 3 is 2.14 bits per heavy atom. The molecule has 0 spiro atoms. The lowest BCUT2D eigenvalue weighted by molar-refractivity contribution is -0.181. The predicted octanol–water partition coefficient (Wildman–Crippen LogP) is 5.11. The van der Waals surface area contributed by atoms with Crippen LogP contribution >= 0.6 is 0 Å². The SMILES string of the molecule is COOc1nc(Nc2ccc(C(=O)NCCN(C)C)cc2)nc(Oc2ccccc2)c1C(=O)Nc1c(C)cccc1C. The zero-order valence-electron chi connectivity index (χ0n) is 24.2. The highest BCUT2D eigenvalue weighted by atomic mass is 17.2. The van der Waals surface area contributed by atoms with Gasteiger partial charge in [0.15, 0.2) is 5.56 Å². The van der Waals surface area contributed by atoms with Crippen LogP contribution in [0, 0.1) is 13.8 Å². The summed E-state index contributed by atoms with van der Waals surface area (Å²) in [5.41, 5.74) is 3.48. The highest BCUT2D eigenvalue weighted by molar-refractivity contribution is 6.08. The predicted molar refractivity (Wildman–Crippen MR) is 161 cm³/mol. The summed E-state index contributed by atoms with van der Waals surface area (Å²) in [6, 6.07) is 21.5. The second kappa shape index (κ2) is 14.1. The molecular formula is C31H34N6O5. The van der Waals surface area contributed by atoms with E-state index in [2.05, 4.69) is 25.9 Å². The fraction of sp³-hybridized carbons (Fsp3) is 0.226. The number of nitrogens with one attached hydrogen (secondary N) is 3. The Hall–Kier alpha value is -5.00. The number of anilines is 3. The quantitative estimate of drug-likeness (QED) is 0.157. The first-order valence-electron chi connectivity index (χ1n) is 13.3. The summed E-state index contributed by atoms with van der Waals surface area (Å²) in [5, 5.41) is 8.89. The topological polar surface area (TPSA) is 127 Å². The minimum Gasteiger partial charge on any atom is -0.438 e. The van der Waals surface area contributed by atoms with E-state index < -0.39 is 5.91 Å². The van der Waals surface area contributed by atoms with Gasteiger partial charge in [-0.15, -0.1) is 0 Å². The first-order valence-corrected chi connectivity index (χ1v) is 13.3. The molecule has 1 heterocycles. The van der Waals surface area contributed by atoms with Crippen LogP contribution in [-0.2, 0) is 4.89 Å². The maximum Gasteiger partial charge on any atom is 0.277 e. The minimum absolute atomic E-state index is 0.0497. The number of carbonyl (C=O) groups excluding carboxylic acids is 2. The third-order valence-electron chi connectivity index (χ3n) is 6.16. The molecular weight excluding hydrogens is 536 g/mol. The molecule has 218 valence electrons. The molecule has 3 aromatic carbocycles. The summed E-state index contributed by atoms with van der Waals surface area (Å²) in [7, 11) is 5.19. The Kier molecular flexibility index (Phi) is 10.0. The largest absolute Gasteiger partial charge is 0.438 e. The molecule has 1 aromatic heterocycles. The van der Waals surface area contributed by atoms with Gasteiger partial charge in [0.05, 0.1) is 7.11 Å². The third-order valence-corrected chi connectivity index (χ3v) is 6.16. The summed E-state index contributed by atoms with van der Waals surface area (Å²) in [4.78, 5) is 47.2. The van der Waals surface area contributed by atoms with Gasteiger partial charge in [-0.05, 0) is 75.5 Å². The molecule has 42 heavy (non-hydrogen) atoms. The van der Waals surface area contributed by atoms with Gasteiger partial charge >= 0.3 is 0 Å². The first-order chi connectivity index (χ1) is 20.2. The van der Waals surface area contributed by atoms with Crippen molar-refractivity contribution >= 4 is 29.1 Å². The van der Waals surface area contributed by atoms with Crippen molar-refractivity contribution in [1.29, 1.82) is 0 Å². The number of rotatable bonds is 12. The van der Waals surface area contributed by atoms with E-state index in [1.54, 1.807) is 48.5 Å². The number of amides is 2. The normalized spacial score (nSPS) is 10.7. The number of carbonyl (C=O) groups is 2. The molecule has 0 saturated heterocycles. The van der Waals surface area contributed by atoms with Gasteiger partial charge in [-0.25, -0.2) is 0 Å². The van der Waals surface area contributed by atoms with Crippen molar-refractivity contribution in [2.45, 2.75) is 13.8 Å². The van der Waals surface area contributed by atoms with Crippen molar-refractivity contribution in [2.75, 3.05) is 44.9 Å². The number of aromatic nitrogens is 2. The Labute approximate surface area is 244 Å². The van der Waals surface area contributed by atoms with Gasteiger partial charge in [-0.3, -0.25) is 9.59 Å². The van der Waals surface area contributed by atoms with E-state index in [1.807, 2.05) is 57.1 Å². The maximum absolute atomic E-state index is 13.6. The van der Waals surface area contributed by atoms with Gasteiger partial charge in [0, 0.05) is 30.0 Å². The van der Waals surface area contributed by atoms with E-state index in [0.717, 1.165) is 17.7 Å². The Morgan fingerprint density at radius 1 is 0.833 bits per heavy atom. The zero-order valence-corrected chi connectivity index (χ0v) is 24.2. The fourth-order valence-electron chi connectivity index (χ4n) is 4.00. The Bertz CT molecular complexity index is 1510. The smallest absolute Gasteiger partial charge is 0.277 e. The number of nitrogens with zero attached hydrogens (tertiary/aromatic N) is 3. The van der Waals surface area contributed by atoms with Crippen LogP contribution in [0.2, 0.25) is 0 Å². The summed E-state index contributed by atoms with van der Waals surface area (Å²) in [6.45, 7) is 5.08. The second-order valence-corrected chi connectivity index (χ2v) is 9.68. The minimum atomic E-state index is -0.540. The van der Waals surface area contributed by atoms with E-state index in [9.17, 15) is 9.59 Å². The molecule has 0 radical (unpaired) electrons. The van der Waals surface area contributed by atoms with E-state index in [-0.39, 0.29) is 29.2 Å². The van der Waals surface area contributed by atoms with Gasteiger partial charge in [-0.1, -0.05) is 36.4 Å². The Morgan fingerprint density at radius 2 is 1.50 bits per heavy atom. The molecule has 4 rings (SSSR count). The molecule has 0 saturated carbocycles. The lowest BCUT2D eigenvalue weighted by Gasteiger charge is -2.16. The third kappa shape index (κ3) is 7.80. The molecule has 2 amide bonds. The second-order valence-electron chi connectivity index (χ2n) is 9.68. The van der Waals surface area contributed by atoms with Gasteiger partial charge in [-0.2, -0.15) is 14.9 Å². The van der Waals surface area contributed by atoms with Gasteiger partial charge in [0.25, 0.3) is 17.7 Å². The average Bonchev–Trinajstić information content (AvgIpc) is 2.96. The number of hydrogen-bond donors (Lipinski definition) is 3. The molecule has 0 aliphatic carbocycles. The summed E-state index contributed by atoms with van der Waals surface area (Å²) < 4.78 is 6.06. The van der Waals surface area contributed by atoms with Crippen molar-refractivity contribution < 1.29 is 24.1 Å². The molecule has 0 fully saturated rings. The highest BCUT2D eigenvalue weighted by Gasteiger charge is 2.26. The molecule has 0 aliphatic heterocycles. The lowest BCUT2D eigenvalue weighted by atomic mass is 10.1. The van der Waals surface area contributed by atoms with Crippen molar-refractivity contribution in [3.8, 4) is 17.5 Å². The molecule has 0 aliphatic rings. The van der Waals surface area contributed by atoms with Crippen LogP contribution in [0.3, 0.4) is 0 Å². The first kappa shape index (κ1) is 30.0. The summed E-state index contributed by atoms with van der Waals surface area (Å²) >= 11 is 0. The van der Waals surface area contributed by atoms with Crippen molar-refractivity contribution in [3.05, 3.63) is 95.1 Å². The van der Waals surface area contributed by atoms with Gasteiger partial charge in [0.2, 0.25) is 11.8 Å². The maximum atomic E-state index is 13.6. The van der Waals surface area contributed by atoms with E-state index in [1.165, 1.54) is 7.11 Å². The highest BCUT2D eigenvalue weighted by Crippen LogP contribution is 2.33. The lowest BCUT2D eigenvalue weighted by Crippen LogP contribution is -2.31. The molecule has 0 bridgehead atoms.